The van der Waals surface area contributed by atoms with Gasteiger partial charge in [-0.05, 0) is 18.9 Å². The number of nitrogens with two attached hydrogens (primary N) is 1. The largest absolute Gasteiger partial charge is 0.398 e. The van der Waals surface area contributed by atoms with Gasteiger partial charge in [0.05, 0.1) is 6.04 Å². The smallest absolute Gasteiger partial charge is 0.0734 e. The fraction of sp³-hybridized carbons (Fsp3) is 0.222. The van der Waals surface area contributed by atoms with Crippen LogP contribution in [0.25, 0.3) is 23.9 Å². The molecule has 0 amide bonds. The third-order valence-electron chi connectivity index (χ3n) is 3.96. The number of anilines is 1. The molecular weight excluding hydrogens is 258 g/mol. The zero-order chi connectivity index (χ0) is 15.6. The minimum atomic E-state index is 0.0831. The first kappa shape index (κ1) is 15.0. The van der Waals surface area contributed by atoms with E-state index in [0.29, 0.717) is 0 Å². The second kappa shape index (κ2) is 5.92. The summed E-state index contributed by atoms with van der Waals surface area (Å²) in [6, 6.07) is 5.96. The van der Waals surface area contributed by atoms with E-state index in [0.717, 1.165) is 45.7 Å². The van der Waals surface area contributed by atoms with E-state index in [1.165, 1.54) is 0 Å². The molecule has 2 rings (SSSR count). The summed E-state index contributed by atoms with van der Waals surface area (Å²) in [5, 5.41) is 6.99. The molecule has 0 bridgehead atoms. The number of likely N-dealkylation sites (N-methyl/N-ethyl adjacent to an activating group) is 1. The maximum absolute atomic E-state index is 6.11. The average molecular weight is 281 g/mol. The summed E-state index contributed by atoms with van der Waals surface area (Å²) < 4.78 is 2.13. The maximum atomic E-state index is 6.11. The Kier molecular flexibility index (Phi) is 4.22. The topological polar surface area (TPSA) is 43.0 Å². The minimum Gasteiger partial charge on any atom is -0.398 e. The molecule has 1 aromatic heterocycles. The molecule has 1 heterocycles. The van der Waals surface area contributed by atoms with Crippen LogP contribution in [-0.2, 0) is 0 Å². The molecule has 0 spiro atoms. The molecule has 0 aliphatic carbocycles. The number of aromatic nitrogens is 1. The van der Waals surface area contributed by atoms with Gasteiger partial charge in [0, 0.05) is 39.9 Å². The number of nitrogens with one attached hydrogen (secondary N) is 1. The molecule has 3 heteroatoms. The van der Waals surface area contributed by atoms with E-state index in [-0.39, 0.29) is 6.04 Å². The van der Waals surface area contributed by atoms with Gasteiger partial charge in [-0.1, -0.05) is 37.9 Å². The van der Waals surface area contributed by atoms with Crippen LogP contribution >= 0.6 is 0 Å². The zero-order valence-electron chi connectivity index (χ0n) is 12.7. The number of allylic oxidation sites excluding steroid dienone is 2. The first-order chi connectivity index (χ1) is 10.0. The van der Waals surface area contributed by atoms with Crippen molar-refractivity contribution in [2.75, 3.05) is 12.8 Å². The van der Waals surface area contributed by atoms with Gasteiger partial charge in [-0.2, -0.15) is 0 Å². The highest BCUT2D eigenvalue weighted by atomic mass is 15.1. The molecule has 0 fully saturated rings. The van der Waals surface area contributed by atoms with Gasteiger partial charge < -0.3 is 15.6 Å². The van der Waals surface area contributed by atoms with Crippen molar-refractivity contribution in [3.8, 4) is 0 Å². The Morgan fingerprint density at radius 3 is 2.67 bits per heavy atom. The van der Waals surface area contributed by atoms with Crippen LogP contribution in [-0.4, -0.2) is 11.6 Å². The molecule has 3 nitrogen and oxygen atoms in total. The number of hydrogen-bond donors (Lipinski definition) is 2. The van der Waals surface area contributed by atoms with E-state index in [9.17, 15) is 0 Å². The van der Waals surface area contributed by atoms with Crippen molar-refractivity contribution in [2.24, 2.45) is 0 Å². The molecule has 1 atom stereocenters. The van der Waals surface area contributed by atoms with E-state index in [1.807, 2.05) is 31.3 Å². The Hall–Kier alpha value is -2.42. The molecule has 3 N–H and O–H groups in total. The number of nitrogens with zero attached hydrogens (tertiary/aromatic N) is 1. The standard InChI is InChI=1S/C18H23N3/c1-6-7-11-17(12(2)20-5)21-13(3)15-9-8-10-16(19)18(15)14(21)4/h6,8-10,17,20H,1-4,7,11,19H2,5H3. The summed E-state index contributed by atoms with van der Waals surface area (Å²) in [5.41, 5.74) is 7.78. The Labute approximate surface area is 125 Å². The molecule has 1 unspecified atom stereocenters. The van der Waals surface area contributed by atoms with Crippen LogP contribution < -0.4 is 21.7 Å². The van der Waals surface area contributed by atoms with Crippen LogP contribution in [0.4, 0.5) is 5.69 Å². The molecule has 1 aromatic carbocycles. The van der Waals surface area contributed by atoms with Crippen LogP contribution in [0.15, 0.2) is 43.1 Å². The second-order valence-electron chi connectivity index (χ2n) is 5.19. The summed E-state index contributed by atoms with van der Waals surface area (Å²) in [6.45, 7) is 16.4. The summed E-state index contributed by atoms with van der Waals surface area (Å²) >= 11 is 0. The molecule has 0 radical (unpaired) electrons. The van der Waals surface area contributed by atoms with E-state index in [1.54, 1.807) is 0 Å². The highest BCUT2D eigenvalue weighted by molar-refractivity contribution is 5.93. The van der Waals surface area contributed by atoms with E-state index >= 15 is 0 Å². The lowest BCUT2D eigenvalue weighted by Gasteiger charge is -2.22. The molecule has 2 aromatic rings. The average Bonchev–Trinajstić information content (AvgIpc) is 2.73. The van der Waals surface area contributed by atoms with E-state index < -0.39 is 0 Å². The fourth-order valence-corrected chi connectivity index (χ4v) is 2.82. The molecule has 0 aliphatic rings. The van der Waals surface area contributed by atoms with Crippen molar-refractivity contribution in [1.82, 2.24) is 9.88 Å². The predicted octanol–water partition coefficient (Wildman–Crippen LogP) is 2.28. The molecule has 110 valence electrons. The first-order valence-corrected chi connectivity index (χ1v) is 7.06. The Morgan fingerprint density at radius 1 is 1.38 bits per heavy atom. The zero-order valence-corrected chi connectivity index (χ0v) is 12.7. The number of rotatable bonds is 6. The third-order valence-corrected chi connectivity index (χ3v) is 3.96. The van der Waals surface area contributed by atoms with E-state index in [2.05, 4.69) is 36.2 Å². The van der Waals surface area contributed by atoms with Crippen LogP contribution in [0.3, 0.4) is 0 Å². The highest BCUT2D eigenvalue weighted by Gasteiger charge is 2.17. The Morgan fingerprint density at radius 2 is 2.10 bits per heavy atom. The monoisotopic (exact) mass is 281 g/mol. The highest BCUT2D eigenvalue weighted by Crippen LogP contribution is 2.21. The van der Waals surface area contributed by atoms with Crippen molar-refractivity contribution < 1.29 is 0 Å². The van der Waals surface area contributed by atoms with Crippen molar-refractivity contribution in [3.05, 3.63) is 53.8 Å². The van der Waals surface area contributed by atoms with Crippen LogP contribution in [0.2, 0.25) is 0 Å². The van der Waals surface area contributed by atoms with Crippen molar-refractivity contribution in [1.29, 1.82) is 0 Å². The lowest BCUT2D eigenvalue weighted by molar-refractivity contribution is 0.499. The maximum Gasteiger partial charge on any atom is 0.0734 e. The third kappa shape index (κ3) is 2.47. The van der Waals surface area contributed by atoms with Crippen LogP contribution in [0, 0.1) is 0 Å². The van der Waals surface area contributed by atoms with Gasteiger partial charge in [0.1, 0.15) is 0 Å². The van der Waals surface area contributed by atoms with Crippen molar-refractivity contribution in [2.45, 2.75) is 18.9 Å². The molecule has 0 saturated heterocycles. The predicted molar refractivity (Wildman–Crippen MR) is 93.3 cm³/mol. The lowest BCUT2D eigenvalue weighted by Crippen LogP contribution is -2.33. The van der Waals surface area contributed by atoms with Gasteiger partial charge in [-0.3, -0.25) is 0 Å². The number of nitrogen functional groups attached to an aromatic ring is 1. The fourth-order valence-electron chi connectivity index (χ4n) is 2.82. The normalized spacial score (nSPS) is 12.2. The molecule has 21 heavy (non-hydrogen) atoms. The Balaban J connectivity index is 2.71. The first-order valence-electron chi connectivity index (χ1n) is 7.06. The van der Waals surface area contributed by atoms with Gasteiger partial charge in [-0.25, -0.2) is 0 Å². The van der Waals surface area contributed by atoms with Gasteiger partial charge in [0.15, 0.2) is 0 Å². The SMILES string of the molecule is C=CCCC(C(=C)NC)n1c(=C)c2cccc(N)c2c1=C. The number of benzene rings is 1. The van der Waals surface area contributed by atoms with Crippen molar-refractivity contribution >= 4 is 29.6 Å². The van der Waals surface area contributed by atoms with Gasteiger partial charge in [-0.15, -0.1) is 6.58 Å². The van der Waals surface area contributed by atoms with Crippen LogP contribution in [0.5, 0.6) is 0 Å². The second-order valence-corrected chi connectivity index (χ2v) is 5.19. The molecule has 0 saturated carbocycles. The quantitative estimate of drug-likeness (QED) is 0.630. The number of hydrogen-bond acceptors (Lipinski definition) is 2. The van der Waals surface area contributed by atoms with Crippen molar-refractivity contribution in [3.63, 3.8) is 0 Å². The summed E-state index contributed by atoms with van der Waals surface area (Å²) in [4.78, 5) is 0. The van der Waals surface area contributed by atoms with Gasteiger partial charge >= 0.3 is 0 Å². The summed E-state index contributed by atoms with van der Waals surface area (Å²) in [6.07, 6.45) is 3.71. The Bertz CT molecular complexity index is 783. The minimum absolute atomic E-state index is 0.0831. The summed E-state index contributed by atoms with van der Waals surface area (Å²) in [7, 11) is 1.88. The van der Waals surface area contributed by atoms with Gasteiger partial charge in [0.2, 0.25) is 0 Å². The molecule has 0 aliphatic heterocycles. The molecular formula is C18H23N3. The lowest BCUT2D eigenvalue weighted by atomic mass is 10.1. The van der Waals surface area contributed by atoms with Crippen LogP contribution in [0.1, 0.15) is 18.9 Å². The number of fused-ring (bicyclic) bond motifs is 1. The van der Waals surface area contributed by atoms with Gasteiger partial charge in [0.25, 0.3) is 0 Å². The van der Waals surface area contributed by atoms with E-state index in [4.69, 9.17) is 5.73 Å². The summed E-state index contributed by atoms with van der Waals surface area (Å²) in [5.74, 6) is 0.